The van der Waals surface area contributed by atoms with Crippen molar-refractivity contribution in [1.82, 2.24) is 0 Å². The van der Waals surface area contributed by atoms with Crippen molar-refractivity contribution < 1.29 is 0 Å². The Kier molecular flexibility index (Phi) is 3.24. The van der Waals surface area contributed by atoms with Crippen LogP contribution in [0.4, 0.5) is 0 Å². The molecule has 0 amide bonds. The van der Waals surface area contributed by atoms with Crippen LogP contribution in [-0.4, -0.2) is 0 Å². The van der Waals surface area contributed by atoms with Crippen LogP contribution in [0.25, 0.3) is 5.57 Å². The Morgan fingerprint density at radius 3 is 2.53 bits per heavy atom. The molecule has 0 radical (unpaired) electrons. The largest absolute Gasteiger partial charge is 0.398 e. The Morgan fingerprint density at radius 2 is 1.84 bits per heavy atom. The minimum absolute atomic E-state index is 0.230. The summed E-state index contributed by atoms with van der Waals surface area (Å²) < 4.78 is 1.33. The molecule has 0 saturated carbocycles. The third-order valence-electron chi connectivity index (χ3n) is 4.95. The summed E-state index contributed by atoms with van der Waals surface area (Å²) in [5.41, 5.74) is 13.5. The fourth-order valence-corrected chi connectivity index (χ4v) is 4.46. The van der Waals surface area contributed by atoms with Gasteiger partial charge in [-0.2, -0.15) is 0 Å². The Bertz CT molecular complexity index is 591. The zero-order valence-corrected chi connectivity index (χ0v) is 13.8. The molecule has 2 aliphatic carbocycles. The Balaban J connectivity index is 2.33. The maximum absolute atomic E-state index is 6.42. The van der Waals surface area contributed by atoms with Gasteiger partial charge in [0.1, 0.15) is 0 Å². The number of hydrogen-bond acceptors (Lipinski definition) is 1. The Labute approximate surface area is 129 Å². The average Bonchev–Trinajstić information content (AvgIpc) is 2.74. The second kappa shape index (κ2) is 4.65. The second-order valence-corrected chi connectivity index (χ2v) is 6.81. The van der Waals surface area contributed by atoms with Gasteiger partial charge in [-0.3, -0.25) is 0 Å². The maximum Gasteiger partial charge on any atom is 0.0487 e. The highest BCUT2D eigenvalue weighted by atomic mass is 127. The first kappa shape index (κ1) is 13.2. The van der Waals surface area contributed by atoms with Crippen LogP contribution in [0, 0.1) is 0 Å². The molecule has 0 fully saturated rings. The molecule has 0 aromatic heterocycles. The fraction of sp³-hybridized carbons (Fsp3) is 0.412. The first-order valence-electron chi connectivity index (χ1n) is 7.13. The van der Waals surface area contributed by atoms with Crippen LogP contribution < -0.4 is 5.73 Å². The van der Waals surface area contributed by atoms with Crippen molar-refractivity contribution in [2.45, 2.75) is 44.9 Å². The van der Waals surface area contributed by atoms with E-state index in [0.717, 1.165) is 12.1 Å². The van der Waals surface area contributed by atoms with Crippen LogP contribution in [0.5, 0.6) is 0 Å². The number of fused-ring (bicyclic) bond motifs is 2. The van der Waals surface area contributed by atoms with Gasteiger partial charge in [-0.25, -0.2) is 0 Å². The number of halogens is 1. The average molecular weight is 365 g/mol. The third-order valence-corrected chi connectivity index (χ3v) is 6.08. The van der Waals surface area contributed by atoms with Gasteiger partial charge in [-0.05, 0) is 65.0 Å². The summed E-state index contributed by atoms with van der Waals surface area (Å²) in [5, 5.41) is 0. The molecule has 0 aliphatic heterocycles. The number of rotatable bonds is 2. The lowest BCUT2D eigenvalue weighted by Crippen LogP contribution is -2.25. The van der Waals surface area contributed by atoms with Crippen molar-refractivity contribution in [3.8, 4) is 0 Å². The first-order chi connectivity index (χ1) is 9.15. The van der Waals surface area contributed by atoms with Crippen LogP contribution in [0.1, 0.15) is 50.7 Å². The quantitative estimate of drug-likeness (QED) is 0.741. The SMILES string of the molecule is CCC1(CC)C2=C(C(N)=C(I)CC2)c2ccccc21. The minimum Gasteiger partial charge on any atom is -0.398 e. The minimum atomic E-state index is 0.230. The Morgan fingerprint density at radius 1 is 1.16 bits per heavy atom. The van der Waals surface area contributed by atoms with E-state index < -0.39 is 0 Å². The smallest absolute Gasteiger partial charge is 0.0487 e. The molecule has 2 N–H and O–H groups in total. The van der Waals surface area contributed by atoms with E-state index in [0.29, 0.717) is 0 Å². The van der Waals surface area contributed by atoms with Crippen molar-refractivity contribution in [2.24, 2.45) is 5.73 Å². The third kappa shape index (κ3) is 1.65. The molecule has 0 heterocycles. The maximum atomic E-state index is 6.42. The van der Waals surface area contributed by atoms with Crippen molar-refractivity contribution in [3.63, 3.8) is 0 Å². The van der Waals surface area contributed by atoms with E-state index in [1.165, 1.54) is 39.5 Å². The van der Waals surface area contributed by atoms with E-state index in [2.05, 4.69) is 60.7 Å². The molecule has 0 spiro atoms. The molecule has 19 heavy (non-hydrogen) atoms. The van der Waals surface area contributed by atoms with Crippen molar-refractivity contribution in [3.05, 3.63) is 50.2 Å². The summed E-state index contributed by atoms with van der Waals surface area (Å²) in [5.74, 6) is 0. The van der Waals surface area contributed by atoms with E-state index in [9.17, 15) is 0 Å². The van der Waals surface area contributed by atoms with Gasteiger partial charge in [0.2, 0.25) is 0 Å². The molecule has 0 unspecified atom stereocenters. The first-order valence-corrected chi connectivity index (χ1v) is 8.21. The molecule has 1 aromatic rings. The van der Waals surface area contributed by atoms with E-state index in [-0.39, 0.29) is 5.41 Å². The lowest BCUT2D eigenvalue weighted by atomic mass is 9.71. The molecule has 0 atom stereocenters. The monoisotopic (exact) mass is 365 g/mol. The predicted molar refractivity (Wildman–Crippen MR) is 90.1 cm³/mol. The van der Waals surface area contributed by atoms with Gasteiger partial charge >= 0.3 is 0 Å². The van der Waals surface area contributed by atoms with Gasteiger partial charge in [0, 0.05) is 20.3 Å². The molecule has 0 bridgehead atoms. The van der Waals surface area contributed by atoms with Crippen LogP contribution in [-0.2, 0) is 5.41 Å². The molecule has 1 nitrogen and oxygen atoms in total. The number of allylic oxidation sites excluding steroid dienone is 3. The lowest BCUT2D eigenvalue weighted by Gasteiger charge is -2.33. The summed E-state index contributed by atoms with van der Waals surface area (Å²) in [4.78, 5) is 0. The highest BCUT2D eigenvalue weighted by molar-refractivity contribution is 14.1. The summed E-state index contributed by atoms with van der Waals surface area (Å²) in [6.45, 7) is 4.63. The van der Waals surface area contributed by atoms with Gasteiger partial charge < -0.3 is 5.73 Å². The number of hydrogen-bond donors (Lipinski definition) is 1. The summed E-state index contributed by atoms with van der Waals surface area (Å²) >= 11 is 2.41. The van der Waals surface area contributed by atoms with Gasteiger partial charge in [-0.15, -0.1) is 0 Å². The van der Waals surface area contributed by atoms with Crippen LogP contribution in [0.3, 0.4) is 0 Å². The molecule has 1 aromatic carbocycles. The molecular weight excluding hydrogens is 345 g/mol. The van der Waals surface area contributed by atoms with E-state index in [1.54, 1.807) is 5.57 Å². The van der Waals surface area contributed by atoms with Crippen molar-refractivity contribution in [1.29, 1.82) is 0 Å². The molecule has 2 aliphatic rings. The summed E-state index contributed by atoms with van der Waals surface area (Å²) in [6.07, 6.45) is 4.62. The number of nitrogens with two attached hydrogens (primary N) is 1. The van der Waals surface area contributed by atoms with Gasteiger partial charge in [0.25, 0.3) is 0 Å². The standard InChI is InChI=1S/C17H20IN/c1-3-17(4-2)12-8-6-5-7-11(12)15-13(17)9-10-14(18)16(15)19/h5-8H,3-4,9-10,19H2,1-2H3. The van der Waals surface area contributed by atoms with Crippen LogP contribution in [0.2, 0.25) is 0 Å². The second-order valence-electron chi connectivity index (χ2n) is 5.51. The van der Waals surface area contributed by atoms with Crippen molar-refractivity contribution in [2.75, 3.05) is 0 Å². The number of benzene rings is 1. The molecular formula is C17H20IN. The molecule has 100 valence electrons. The van der Waals surface area contributed by atoms with E-state index in [1.807, 2.05) is 0 Å². The summed E-state index contributed by atoms with van der Waals surface area (Å²) in [6, 6.07) is 8.86. The molecule has 3 rings (SSSR count). The zero-order valence-electron chi connectivity index (χ0n) is 11.6. The Hall–Kier alpha value is -0.770. The zero-order chi connectivity index (χ0) is 13.6. The van der Waals surface area contributed by atoms with E-state index >= 15 is 0 Å². The highest BCUT2D eigenvalue weighted by Crippen LogP contribution is 2.56. The molecule has 2 heteroatoms. The topological polar surface area (TPSA) is 26.0 Å². The van der Waals surface area contributed by atoms with E-state index in [4.69, 9.17) is 5.73 Å². The summed E-state index contributed by atoms with van der Waals surface area (Å²) in [7, 11) is 0. The van der Waals surface area contributed by atoms with Crippen LogP contribution in [0.15, 0.2) is 39.1 Å². The van der Waals surface area contributed by atoms with Gasteiger partial charge in [-0.1, -0.05) is 38.1 Å². The highest BCUT2D eigenvalue weighted by Gasteiger charge is 2.43. The normalized spacial score (nSPS) is 20.6. The fourth-order valence-electron chi connectivity index (χ4n) is 3.92. The lowest BCUT2D eigenvalue weighted by molar-refractivity contribution is 0.461. The predicted octanol–water partition coefficient (Wildman–Crippen LogP) is 4.91. The van der Waals surface area contributed by atoms with Gasteiger partial charge in [0.05, 0.1) is 0 Å². The van der Waals surface area contributed by atoms with Crippen LogP contribution >= 0.6 is 22.6 Å². The van der Waals surface area contributed by atoms with Gasteiger partial charge in [0.15, 0.2) is 0 Å². The van der Waals surface area contributed by atoms with Crippen molar-refractivity contribution >= 4 is 28.2 Å². The molecule has 0 saturated heterocycles.